The molecule has 20 heavy (non-hydrogen) atoms. The molecule has 0 unspecified atom stereocenters. The van der Waals surface area contributed by atoms with Gasteiger partial charge in [-0.1, -0.05) is 24.3 Å². The lowest BCUT2D eigenvalue weighted by atomic mass is 10.0. The first-order chi connectivity index (χ1) is 9.54. The lowest BCUT2D eigenvalue weighted by molar-refractivity contribution is 0.0990. The molecule has 0 spiro atoms. The summed E-state index contributed by atoms with van der Waals surface area (Å²) in [7, 11) is 1.35. The maximum atomic E-state index is 14.0. The molecule has 5 heteroatoms. The van der Waals surface area contributed by atoms with Crippen molar-refractivity contribution in [2.24, 2.45) is 0 Å². The van der Waals surface area contributed by atoms with E-state index in [1.165, 1.54) is 37.4 Å². The van der Waals surface area contributed by atoms with Crippen LogP contribution in [0.25, 0.3) is 0 Å². The van der Waals surface area contributed by atoms with Crippen molar-refractivity contribution < 1.29 is 18.3 Å². The Labute approximate surface area is 123 Å². The van der Waals surface area contributed by atoms with E-state index in [-0.39, 0.29) is 33.6 Å². The number of rotatable bonds is 4. The van der Waals surface area contributed by atoms with Crippen molar-refractivity contribution in [3.05, 3.63) is 63.6 Å². The van der Waals surface area contributed by atoms with Crippen LogP contribution in [-0.4, -0.2) is 12.9 Å². The third-order valence-electron chi connectivity index (χ3n) is 2.87. The van der Waals surface area contributed by atoms with E-state index in [0.29, 0.717) is 0 Å². The van der Waals surface area contributed by atoms with Crippen LogP contribution < -0.4 is 4.74 Å². The highest BCUT2D eigenvalue weighted by Crippen LogP contribution is 2.24. The van der Waals surface area contributed by atoms with Gasteiger partial charge in [0.2, 0.25) is 0 Å². The minimum atomic E-state index is -0.573. The molecule has 0 saturated heterocycles. The minimum Gasteiger partial charge on any atom is -0.494 e. The van der Waals surface area contributed by atoms with Crippen LogP contribution in [-0.2, 0) is 6.42 Å². The summed E-state index contributed by atoms with van der Waals surface area (Å²) in [6, 6.07) is 8.76. The Morgan fingerprint density at radius 1 is 1.20 bits per heavy atom. The summed E-state index contributed by atoms with van der Waals surface area (Å²) < 4.78 is 32.3. The summed E-state index contributed by atoms with van der Waals surface area (Å²) >= 11 is 3.03. The smallest absolute Gasteiger partial charge is 0.168 e. The van der Waals surface area contributed by atoms with Crippen LogP contribution >= 0.6 is 15.9 Å². The standard InChI is InChI=1S/C15H11BrF2O2/c1-20-13-7-2-4-9(15(13)18)8-12(19)10-5-3-6-11(17)14(10)16/h2-7H,8H2,1H3. The maximum Gasteiger partial charge on any atom is 0.168 e. The van der Waals surface area contributed by atoms with Gasteiger partial charge in [-0.25, -0.2) is 8.78 Å². The third-order valence-corrected chi connectivity index (χ3v) is 3.67. The van der Waals surface area contributed by atoms with Crippen LogP contribution in [0.15, 0.2) is 40.9 Å². The molecule has 104 valence electrons. The number of carbonyl (C=O) groups is 1. The molecule has 0 N–H and O–H groups in total. The van der Waals surface area contributed by atoms with Gasteiger partial charge < -0.3 is 4.74 Å². The van der Waals surface area contributed by atoms with Gasteiger partial charge in [0.05, 0.1) is 11.6 Å². The van der Waals surface area contributed by atoms with Crippen LogP contribution in [0.2, 0.25) is 0 Å². The van der Waals surface area contributed by atoms with E-state index in [9.17, 15) is 13.6 Å². The van der Waals surface area contributed by atoms with Gasteiger partial charge in [0.15, 0.2) is 17.3 Å². The molecule has 2 aromatic rings. The third kappa shape index (κ3) is 2.88. The molecular formula is C15H11BrF2O2. The number of hydrogen-bond donors (Lipinski definition) is 0. The van der Waals surface area contributed by atoms with E-state index >= 15 is 0 Å². The van der Waals surface area contributed by atoms with Crippen molar-refractivity contribution in [2.45, 2.75) is 6.42 Å². The molecule has 0 fully saturated rings. The summed E-state index contributed by atoms with van der Waals surface area (Å²) in [5.74, 6) is -1.39. The Kier molecular flexibility index (Phi) is 4.49. The lowest BCUT2D eigenvalue weighted by Gasteiger charge is -2.08. The monoisotopic (exact) mass is 340 g/mol. The number of halogens is 3. The summed E-state index contributed by atoms with van der Waals surface area (Å²) in [5.41, 5.74) is 0.401. The van der Waals surface area contributed by atoms with E-state index in [0.717, 1.165) is 0 Å². The predicted octanol–water partition coefficient (Wildman–Crippen LogP) is 4.16. The molecule has 0 amide bonds. The fourth-order valence-electron chi connectivity index (χ4n) is 1.84. The SMILES string of the molecule is COc1cccc(CC(=O)c2cccc(F)c2Br)c1F. The zero-order valence-electron chi connectivity index (χ0n) is 10.6. The summed E-state index contributed by atoms with van der Waals surface area (Å²) in [4.78, 5) is 12.1. The van der Waals surface area contributed by atoms with Crippen molar-refractivity contribution in [3.8, 4) is 5.75 Å². The molecule has 0 aliphatic heterocycles. The molecule has 0 bridgehead atoms. The summed E-state index contributed by atoms with van der Waals surface area (Å²) in [5, 5.41) is 0. The number of Topliss-reactive ketones (excluding diaryl/α,β-unsaturated/α-hetero) is 1. The lowest BCUT2D eigenvalue weighted by Crippen LogP contribution is -2.07. The molecule has 0 atom stereocenters. The number of methoxy groups -OCH3 is 1. The molecular weight excluding hydrogens is 330 g/mol. The number of ether oxygens (including phenoxy) is 1. The summed E-state index contributed by atoms with van der Waals surface area (Å²) in [6.45, 7) is 0. The fraction of sp³-hybridized carbons (Fsp3) is 0.133. The Morgan fingerprint density at radius 2 is 1.90 bits per heavy atom. The molecule has 2 aromatic carbocycles. The van der Waals surface area contributed by atoms with Crippen LogP contribution in [0.3, 0.4) is 0 Å². The molecule has 2 rings (SSSR count). The molecule has 0 radical (unpaired) electrons. The van der Waals surface area contributed by atoms with Crippen molar-refractivity contribution in [1.29, 1.82) is 0 Å². The zero-order valence-corrected chi connectivity index (χ0v) is 12.2. The average Bonchev–Trinajstić information content (AvgIpc) is 2.44. The Hall–Kier alpha value is -1.75. The number of hydrogen-bond acceptors (Lipinski definition) is 2. The van der Waals surface area contributed by atoms with Gasteiger partial charge in [-0.05, 0) is 33.6 Å². The van der Waals surface area contributed by atoms with E-state index < -0.39 is 11.6 Å². The summed E-state index contributed by atoms with van der Waals surface area (Å²) in [6.07, 6.45) is -0.162. The van der Waals surface area contributed by atoms with Crippen LogP contribution in [0, 0.1) is 11.6 Å². The highest BCUT2D eigenvalue weighted by Gasteiger charge is 2.17. The second kappa shape index (κ2) is 6.13. The van der Waals surface area contributed by atoms with Crippen molar-refractivity contribution in [3.63, 3.8) is 0 Å². The first kappa shape index (κ1) is 14.7. The molecule has 2 nitrogen and oxygen atoms in total. The normalized spacial score (nSPS) is 10.4. The second-order valence-electron chi connectivity index (χ2n) is 4.13. The number of benzene rings is 2. The Morgan fingerprint density at radius 3 is 2.60 bits per heavy atom. The van der Waals surface area contributed by atoms with Crippen LogP contribution in [0.1, 0.15) is 15.9 Å². The van der Waals surface area contributed by atoms with Crippen molar-refractivity contribution >= 4 is 21.7 Å². The minimum absolute atomic E-state index is 0.0774. The molecule has 0 heterocycles. The fourth-order valence-corrected chi connectivity index (χ4v) is 2.32. The van der Waals surface area contributed by atoms with Gasteiger partial charge in [0.25, 0.3) is 0 Å². The molecule has 0 aliphatic carbocycles. The first-order valence-corrected chi connectivity index (χ1v) is 6.62. The quantitative estimate of drug-likeness (QED) is 0.781. The van der Waals surface area contributed by atoms with E-state index in [1.807, 2.05) is 0 Å². The molecule has 0 saturated carbocycles. The second-order valence-corrected chi connectivity index (χ2v) is 4.93. The highest BCUT2D eigenvalue weighted by molar-refractivity contribution is 9.10. The van der Waals surface area contributed by atoms with Gasteiger partial charge in [0, 0.05) is 12.0 Å². The van der Waals surface area contributed by atoms with E-state index in [1.54, 1.807) is 6.07 Å². The van der Waals surface area contributed by atoms with E-state index in [4.69, 9.17) is 4.74 Å². The first-order valence-electron chi connectivity index (χ1n) is 5.83. The van der Waals surface area contributed by atoms with E-state index in [2.05, 4.69) is 15.9 Å². The maximum absolute atomic E-state index is 14.0. The van der Waals surface area contributed by atoms with Crippen LogP contribution in [0.5, 0.6) is 5.75 Å². The predicted molar refractivity (Wildman–Crippen MR) is 75.1 cm³/mol. The van der Waals surface area contributed by atoms with Crippen molar-refractivity contribution in [2.75, 3.05) is 7.11 Å². The Balaban J connectivity index is 2.31. The molecule has 0 aliphatic rings. The number of carbonyl (C=O) groups excluding carboxylic acids is 1. The average molecular weight is 341 g/mol. The number of ketones is 1. The topological polar surface area (TPSA) is 26.3 Å². The Bertz CT molecular complexity index is 656. The largest absolute Gasteiger partial charge is 0.494 e. The highest BCUT2D eigenvalue weighted by atomic mass is 79.9. The molecule has 0 aromatic heterocycles. The van der Waals surface area contributed by atoms with Gasteiger partial charge in [-0.3, -0.25) is 4.79 Å². The van der Waals surface area contributed by atoms with Crippen LogP contribution in [0.4, 0.5) is 8.78 Å². The zero-order chi connectivity index (χ0) is 14.7. The van der Waals surface area contributed by atoms with Gasteiger partial charge in [0.1, 0.15) is 5.82 Å². The van der Waals surface area contributed by atoms with Gasteiger partial charge in [-0.15, -0.1) is 0 Å². The van der Waals surface area contributed by atoms with Gasteiger partial charge >= 0.3 is 0 Å². The van der Waals surface area contributed by atoms with Crippen molar-refractivity contribution in [1.82, 2.24) is 0 Å². The van der Waals surface area contributed by atoms with Gasteiger partial charge in [-0.2, -0.15) is 0 Å².